The number of carboxylic acids is 2. The maximum atomic E-state index is 12.1. The summed E-state index contributed by atoms with van der Waals surface area (Å²) in [7, 11) is 0. The predicted molar refractivity (Wildman–Crippen MR) is 65.9 cm³/mol. The van der Waals surface area contributed by atoms with Gasteiger partial charge in [0.2, 0.25) is 11.8 Å². The van der Waals surface area contributed by atoms with Gasteiger partial charge in [-0.05, 0) is 13.8 Å². The van der Waals surface area contributed by atoms with Crippen LogP contribution in [-0.2, 0) is 19.2 Å². The number of hydrogen-bond acceptors (Lipinski definition) is 8. The summed E-state index contributed by atoms with van der Waals surface area (Å²) in [4.78, 5) is 60.5. The van der Waals surface area contributed by atoms with Crippen LogP contribution >= 0.6 is 0 Å². The molecular weight excluding hydrogens is 298 g/mol. The van der Waals surface area contributed by atoms with Crippen LogP contribution in [0, 0.1) is 5.92 Å². The Bertz CT molecular complexity index is 555. The highest BCUT2D eigenvalue weighted by Gasteiger charge is 2.40. The highest BCUT2D eigenvalue weighted by molar-refractivity contribution is 6.23. The molecule has 1 heterocycles. The Morgan fingerprint density at radius 3 is 2.36 bits per heavy atom. The highest BCUT2D eigenvalue weighted by Crippen LogP contribution is 2.12. The van der Waals surface area contributed by atoms with E-state index in [1.54, 1.807) is 13.8 Å². The number of aliphatic imine (C=N–C) groups is 1. The first-order chi connectivity index (χ1) is 10.1. The van der Waals surface area contributed by atoms with Gasteiger partial charge in [0.25, 0.3) is 0 Å². The second-order valence-corrected chi connectivity index (χ2v) is 4.78. The lowest BCUT2D eigenvalue weighted by Crippen LogP contribution is -2.60. The van der Waals surface area contributed by atoms with Crippen LogP contribution in [0.3, 0.4) is 0 Å². The molecule has 10 nitrogen and oxygen atoms in total. The van der Waals surface area contributed by atoms with Crippen molar-refractivity contribution in [1.29, 1.82) is 0 Å². The first kappa shape index (κ1) is 17.3. The molecule has 2 atom stereocenters. The number of urea groups is 1. The van der Waals surface area contributed by atoms with Crippen molar-refractivity contribution in [3.8, 4) is 0 Å². The zero-order chi connectivity index (χ0) is 17.0. The number of barbiturate groups is 1. The van der Waals surface area contributed by atoms with Crippen LogP contribution in [0.1, 0.15) is 20.3 Å². The van der Waals surface area contributed by atoms with E-state index in [2.05, 4.69) is 4.99 Å². The Morgan fingerprint density at radius 2 is 1.91 bits per heavy atom. The molecule has 10 heteroatoms. The maximum Gasteiger partial charge on any atom is 0.331 e. The van der Waals surface area contributed by atoms with E-state index in [-0.39, 0.29) is 0 Å². The SMILES string of the molecule is CC(C)N1C(=O)NC(=O)[C@H](C=N[C@@H](CC(=O)[O-])C(=O)[O-])C1=O. The van der Waals surface area contributed by atoms with E-state index in [1.165, 1.54) is 0 Å². The molecule has 0 saturated carbocycles. The maximum absolute atomic E-state index is 12.1. The lowest BCUT2D eigenvalue weighted by atomic mass is 10.1. The molecule has 0 aromatic carbocycles. The van der Waals surface area contributed by atoms with E-state index in [4.69, 9.17) is 0 Å². The standard InChI is InChI=1S/C12H15N3O7/c1-5(2)15-10(19)6(9(18)14-12(15)22)4-13-7(11(20)21)3-8(16)17/h4-7H,3H2,1-2H3,(H,16,17)(H,20,21)(H,14,18,22)/p-2/t6-,7-/m0/s1. The zero-order valence-electron chi connectivity index (χ0n) is 11.8. The molecule has 120 valence electrons. The van der Waals surface area contributed by atoms with Crippen molar-refractivity contribution >= 4 is 36.0 Å². The van der Waals surface area contributed by atoms with Crippen LogP contribution in [0.4, 0.5) is 4.79 Å². The van der Waals surface area contributed by atoms with Crippen molar-refractivity contribution in [2.75, 3.05) is 0 Å². The quantitative estimate of drug-likeness (QED) is 0.392. The van der Waals surface area contributed by atoms with Crippen molar-refractivity contribution in [3.05, 3.63) is 0 Å². The van der Waals surface area contributed by atoms with E-state index >= 15 is 0 Å². The molecule has 1 N–H and O–H groups in total. The lowest BCUT2D eigenvalue weighted by Gasteiger charge is -2.31. The van der Waals surface area contributed by atoms with Gasteiger partial charge in [-0.3, -0.25) is 24.8 Å². The van der Waals surface area contributed by atoms with Crippen molar-refractivity contribution in [1.82, 2.24) is 10.2 Å². The van der Waals surface area contributed by atoms with Crippen LogP contribution in [0.5, 0.6) is 0 Å². The molecule has 1 fully saturated rings. The van der Waals surface area contributed by atoms with Crippen LogP contribution in [-0.4, -0.2) is 53.0 Å². The molecule has 22 heavy (non-hydrogen) atoms. The van der Waals surface area contributed by atoms with Gasteiger partial charge in [0.15, 0.2) is 5.92 Å². The molecule has 1 aliphatic rings. The molecule has 0 unspecified atom stereocenters. The number of imide groups is 2. The minimum Gasteiger partial charge on any atom is -0.550 e. The molecule has 0 bridgehead atoms. The van der Waals surface area contributed by atoms with E-state index in [1.807, 2.05) is 5.32 Å². The predicted octanol–water partition coefficient (Wildman–Crippen LogP) is -3.58. The fourth-order valence-corrected chi connectivity index (χ4v) is 1.77. The topological polar surface area (TPSA) is 159 Å². The van der Waals surface area contributed by atoms with Crippen LogP contribution in [0.2, 0.25) is 0 Å². The van der Waals surface area contributed by atoms with Crippen LogP contribution < -0.4 is 15.5 Å². The summed E-state index contributed by atoms with van der Waals surface area (Å²) in [6.07, 6.45) is -0.267. The fraction of sp³-hybridized carbons (Fsp3) is 0.500. The average molecular weight is 311 g/mol. The number of carbonyl (C=O) groups excluding carboxylic acids is 5. The van der Waals surface area contributed by atoms with E-state index in [0.29, 0.717) is 6.21 Å². The molecule has 0 aromatic heterocycles. The number of aliphatic carboxylic acids is 2. The van der Waals surface area contributed by atoms with E-state index < -0.39 is 54.2 Å². The van der Waals surface area contributed by atoms with Crippen molar-refractivity contribution in [3.63, 3.8) is 0 Å². The third-order valence-electron chi connectivity index (χ3n) is 2.80. The van der Waals surface area contributed by atoms with Gasteiger partial charge in [-0.2, -0.15) is 0 Å². The largest absolute Gasteiger partial charge is 0.550 e. The Hall–Kier alpha value is -2.78. The molecular formula is C12H13N3O7-2. The number of nitrogens with one attached hydrogen (secondary N) is 1. The zero-order valence-corrected chi connectivity index (χ0v) is 11.8. The van der Waals surface area contributed by atoms with Gasteiger partial charge in [0, 0.05) is 24.6 Å². The normalized spacial score (nSPS) is 20.4. The van der Waals surface area contributed by atoms with E-state index in [0.717, 1.165) is 4.90 Å². The number of nitrogens with zero attached hydrogens (tertiary/aromatic N) is 2. The smallest absolute Gasteiger partial charge is 0.331 e. The first-order valence-electron chi connectivity index (χ1n) is 6.27. The minimum absolute atomic E-state index is 0.531. The number of rotatable bonds is 6. The molecule has 1 saturated heterocycles. The van der Waals surface area contributed by atoms with Gasteiger partial charge in [-0.1, -0.05) is 0 Å². The number of hydrogen-bond donors (Lipinski definition) is 1. The Labute approximate surface area is 124 Å². The summed E-state index contributed by atoms with van der Waals surface area (Å²) in [6.45, 7) is 3.09. The Kier molecular flexibility index (Phi) is 5.33. The Balaban J connectivity index is 2.98. The van der Waals surface area contributed by atoms with Crippen LogP contribution in [0.25, 0.3) is 0 Å². The average Bonchev–Trinajstić information content (AvgIpc) is 2.35. The summed E-state index contributed by atoms with van der Waals surface area (Å²) >= 11 is 0. The van der Waals surface area contributed by atoms with Gasteiger partial charge < -0.3 is 19.8 Å². The lowest BCUT2D eigenvalue weighted by molar-refractivity contribution is -0.316. The van der Waals surface area contributed by atoms with Gasteiger partial charge in [-0.15, -0.1) is 0 Å². The molecule has 0 aliphatic carbocycles. The summed E-state index contributed by atoms with van der Waals surface area (Å²) in [5.74, 6) is -6.84. The molecule has 0 radical (unpaired) electrons. The van der Waals surface area contributed by atoms with Crippen molar-refractivity contribution in [2.24, 2.45) is 10.9 Å². The molecule has 4 amide bonds. The van der Waals surface area contributed by atoms with Gasteiger partial charge in [-0.25, -0.2) is 4.79 Å². The Morgan fingerprint density at radius 1 is 1.32 bits per heavy atom. The second-order valence-electron chi connectivity index (χ2n) is 4.78. The fourth-order valence-electron chi connectivity index (χ4n) is 1.77. The van der Waals surface area contributed by atoms with Crippen molar-refractivity contribution in [2.45, 2.75) is 32.4 Å². The summed E-state index contributed by atoms with van der Waals surface area (Å²) in [5.41, 5.74) is 0. The van der Waals surface area contributed by atoms with Crippen molar-refractivity contribution < 1.29 is 34.2 Å². The third-order valence-corrected chi connectivity index (χ3v) is 2.80. The highest BCUT2D eigenvalue weighted by atomic mass is 16.4. The molecule has 1 rings (SSSR count). The van der Waals surface area contributed by atoms with E-state index in [9.17, 15) is 34.2 Å². The molecule has 0 aromatic rings. The van der Waals surface area contributed by atoms with Crippen LogP contribution in [0.15, 0.2) is 4.99 Å². The first-order valence-corrected chi connectivity index (χ1v) is 6.27. The number of carboxylic acid groups (broad SMARTS) is 2. The number of amides is 4. The summed E-state index contributed by atoms with van der Waals surface area (Å²) in [5, 5.41) is 23.1. The summed E-state index contributed by atoms with van der Waals surface area (Å²) in [6, 6.07) is -3.21. The second kappa shape index (κ2) is 6.78. The third kappa shape index (κ3) is 3.87. The monoisotopic (exact) mass is 311 g/mol. The minimum atomic E-state index is -1.80. The van der Waals surface area contributed by atoms with Gasteiger partial charge in [0.1, 0.15) is 0 Å². The number of carbonyl (C=O) groups is 5. The molecule has 0 spiro atoms. The van der Waals surface area contributed by atoms with Gasteiger partial charge in [0.05, 0.1) is 12.0 Å². The molecule has 1 aliphatic heterocycles. The summed E-state index contributed by atoms with van der Waals surface area (Å²) < 4.78 is 0. The van der Waals surface area contributed by atoms with Gasteiger partial charge >= 0.3 is 6.03 Å².